The molecule has 17 heavy (non-hydrogen) atoms. The maximum atomic E-state index is 3.56. The molecule has 2 heterocycles. The molecule has 100 valence electrons. The molecule has 0 amide bonds. The molecule has 2 aliphatic heterocycles. The Morgan fingerprint density at radius 3 is 2.88 bits per heavy atom. The molecule has 2 atom stereocenters. The molecule has 0 aromatic carbocycles. The molecule has 3 nitrogen and oxygen atoms in total. The van der Waals surface area contributed by atoms with Crippen molar-refractivity contribution in [1.82, 2.24) is 15.1 Å². The third-order valence-electron chi connectivity index (χ3n) is 4.54. The van der Waals surface area contributed by atoms with Crippen molar-refractivity contribution >= 4 is 0 Å². The minimum Gasteiger partial charge on any atom is -0.316 e. The van der Waals surface area contributed by atoms with E-state index in [4.69, 9.17) is 0 Å². The minimum absolute atomic E-state index is 0.489. The van der Waals surface area contributed by atoms with Gasteiger partial charge in [0, 0.05) is 25.7 Å². The van der Waals surface area contributed by atoms with Crippen LogP contribution in [0.1, 0.15) is 32.6 Å². The number of hydrogen-bond acceptors (Lipinski definition) is 3. The maximum absolute atomic E-state index is 3.56. The predicted molar refractivity (Wildman–Crippen MR) is 73.4 cm³/mol. The van der Waals surface area contributed by atoms with E-state index in [0.29, 0.717) is 5.41 Å². The number of nitrogens with one attached hydrogen (secondary N) is 1. The summed E-state index contributed by atoms with van der Waals surface area (Å²) in [5.74, 6) is 0. The van der Waals surface area contributed by atoms with Gasteiger partial charge in [-0.15, -0.1) is 0 Å². The van der Waals surface area contributed by atoms with Gasteiger partial charge in [0.05, 0.1) is 0 Å². The van der Waals surface area contributed by atoms with Gasteiger partial charge in [-0.05, 0) is 58.3 Å². The zero-order valence-corrected chi connectivity index (χ0v) is 11.8. The van der Waals surface area contributed by atoms with Gasteiger partial charge in [-0.2, -0.15) is 0 Å². The fraction of sp³-hybridized carbons (Fsp3) is 1.00. The van der Waals surface area contributed by atoms with E-state index in [9.17, 15) is 0 Å². The molecule has 3 heteroatoms. The van der Waals surface area contributed by atoms with Crippen LogP contribution in [0.5, 0.6) is 0 Å². The lowest BCUT2D eigenvalue weighted by molar-refractivity contribution is 0.0806. The van der Waals surface area contributed by atoms with Crippen LogP contribution in [0.2, 0.25) is 0 Å². The van der Waals surface area contributed by atoms with Gasteiger partial charge in [0.15, 0.2) is 0 Å². The van der Waals surface area contributed by atoms with E-state index in [2.05, 4.69) is 36.1 Å². The molecule has 1 N–H and O–H groups in total. The number of likely N-dealkylation sites (N-methyl/N-ethyl adjacent to an activating group) is 2. The highest BCUT2D eigenvalue weighted by atomic mass is 15.2. The van der Waals surface area contributed by atoms with Crippen molar-refractivity contribution in [3.05, 3.63) is 0 Å². The second-order valence-corrected chi connectivity index (χ2v) is 6.56. The summed E-state index contributed by atoms with van der Waals surface area (Å²) in [5, 5.41) is 3.56. The van der Waals surface area contributed by atoms with Gasteiger partial charge in [0.25, 0.3) is 0 Å². The molecule has 2 saturated heterocycles. The molecule has 0 aromatic heterocycles. The highest BCUT2D eigenvalue weighted by molar-refractivity contribution is 4.87. The highest BCUT2D eigenvalue weighted by Gasteiger charge is 2.31. The summed E-state index contributed by atoms with van der Waals surface area (Å²) in [6, 6.07) is 0.771. The lowest BCUT2D eigenvalue weighted by Gasteiger charge is -2.42. The SMILES string of the molecule is CN1CCCC(N(C)CC2(C)CCCNC2)C1. The second-order valence-electron chi connectivity index (χ2n) is 6.56. The van der Waals surface area contributed by atoms with Crippen molar-refractivity contribution < 1.29 is 0 Å². The first-order chi connectivity index (χ1) is 8.09. The zero-order valence-electron chi connectivity index (χ0n) is 11.8. The van der Waals surface area contributed by atoms with Gasteiger partial charge in [-0.3, -0.25) is 0 Å². The quantitative estimate of drug-likeness (QED) is 0.803. The van der Waals surface area contributed by atoms with E-state index in [-0.39, 0.29) is 0 Å². The van der Waals surface area contributed by atoms with Gasteiger partial charge in [-0.1, -0.05) is 6.92 Å². The molecule has 2 fully saturated rings. The van der Waals surface area contributed by atoms with Gasteiger partial charge in [-0.25, -0.2) is 0 Å². The fourth-order valence-electron chi connectivity index (χ4n) is 3.48. The van der Waals surface area contributed by atoms with Crippen LogP contribution in [0.15, 0.2) is 0 Å². The minimum atomic E-state index is 0.489. The summed E-state index contributed by atoms with van der Waals surface area (Å²) in [4.78, 5) is 5.09. The van der Waals surface area contributed by atoms with Crippen LogP contribution in [0.3, 0.4) is 0 Å². The van der Waals surface area contributed by atoms with Crippen molar-refractivity contribution in [2.45, 2.75) is 38.6 Å². The Bertz CT molecular complexity index is 236. The standard InChI is InChI=1S/C14H29N3/c1-14(7-5-8-15-11-14)12-17(3)13-6-4-9-16(2)10-13/h13,15H,4-12H2,1-3H3. The number of rotatable bonds is 3. The van der Waals surface area contributed by atoms with E-state index >= 15 is 0 Å². The maximum Gasteiger partial charge on any atom is 0.0220 e. The Labute approximate surface area is 107 Å². The van der Waals surface area contributed by atoms with Gasteiger partial charge in [0.1, 0.15) is 0 Å². The van der Waals surface area contributed by atoms with E-state index in [1.54, 1.807) is 0 Å². The van der Waals surface area contributed by atoms with Crippen LogP contribution < -0.4 is 5.32 Å². The lowest BCUT2D eigenvalue weighted by Crippen LogP contribution is -2.51. The molecule has 0 radical (unpaired) electrons. The summed E-state index contributed by atoms with van der Waals surface area (Å²) in [6.07, 6.45) is 5.46. The van der Waals surface area contributed by atoms with Gasteiger partial charge in [0.2, 0.25) is 0 Å². The molecule has 2 rings (SSSR count). The van der Waals surface area contributed by atoms with Crippen LogP contribution in [-0.4, -0.2) is 62.7 Å². The number of piperidine rings is 2. The summed E-state index contributed by atoms with van der Waals surface area (Å²) < 4.78 is 0. The Morgan fingerprint density at radius 2 is 2.24 bits per heavy atom. The molecule has 0 spiro atoms. The number of nitrogens with zero attached hydrogens (tertiary/aromatic N) is 2. The van der Waals surface area contributed by atoms with Crippen molar-refractivity contribution in [3.8, 4) is 0 Å². The average molecular weight is 239 g/mol. The smallest absolute Gasteiger partial charge is 0.0220 e. The number of hydrogen-bond donors (Lipinski definition) is 1. The normalized spacial score (nSPS) is 36.4. The topological polar surface area (TPSA) is 18.5 Å². The van der Waals surface area contributed by atoms with Gasteiger partial charge >= 0.3 is 0 Å². The summed E-state index contributed by atoms with van der Waals surface area (Å²) >= 11 is 0. The van der Waals surface area contributed by atoms with Crippen LogP contribution in [0.25, 0.3) is 0 Å². The monoisotopic (exact) mass is 239 g/mol. The van der Waals surface area contributed by atoms with Crippen LogP contribution in [-0.2, 0) is 0 Å². The third kappa shape index (κ3) is 3.67. The van der Waals surface area contributed by atoms with Crippen molar-refractivity contribution in [2.24, 2.45) is 5.41 Å². The molecule has 2 unspecified atom stereocenters. The first kappa shape index (κ1) is 13.3. The van der Waals surface area contributed by atoms with Gasteiger partial charge < -0.3 is 15.1 Å². The molecular weight excluding hydrogens is 210 g/mol. The molecular formula is C14H29N3. The van der Waals surface area contributed by atoms with Crippen LogP contribution in [0.4, 0.5) is 0 Å². The van der Waals surface area contributed by atoms with E-state index in [1.807, 2.05) is 0 Å². The van der Waals surface area contributed by atoms with Crippen LogP contribution >= 0.6 is 0 Å². The highest BCUT2D eigenvalue weighted by Crippen LogP contribution is 2.27. The molecule has 2 aliphatic rings. The first-order valence-corrected chi connectivity index (χ1v) is 7.19. The Morgan fingerprint density at radius 1 is 1.41 bits per heavy atom. The Balaban J connectivity index is 1.84. The Kier molecular flexibility index (Phi) is 4.45. The zero-order chi connectivity index (χ0) is 12.3. The largest absolute Gasteiger partial charge is 0.316 e. The first-order valence-electron chi connectivity index (χ1n) is 7.19. The predicted octanol–water partition coefficient (Wildman–Crippen LogP) is 1.40. The van der Waals surface area contributed by atoms with E-state index < -0.39 is 0 Å². The van der Waals surface area contributed by atoms with Crippen molar-refractivity contribution in [1.29, 1.82) is 0 Å². The van der Waals surface area contributed by atoms with E-state index in [0.717, 1.165) is 6.04 Å². The molecule has 0 aliphatic carbocycles. The Hall–Kier alpha value is -0.120. The number of likely N-dealkylation sites (tertiary alicyclic amines) is 1. The van der Waals surface area contributed by atoms with Crippen molar-refractivity contribution in [2.75, 3.05) is 46.8 Å². The lowest BCUT2D eigenvalue weighted by atomic mass is 9.82. The second kappa shape index (κ2) is 5.68. The summed E-state index contributed by atoms with van der Waals surface area (Å²) in [5.41, 5.74) is 0.489. The summed E-state index contributed by atoms with van der Waals surface area (Å²) in [7, 11) is 4.58. The molecule has 0 aromatic rings. The fourth-order valence-corrected chi connectivity index (χ4v) is 3.48. The average Bonchev–Trinajstić information content (AvgIpc) is 2.29. The summed E-state index contributed by atoms with van der Waals surface area (Å²) in [6.45, 7) is 8.63. The van der Waals surface area contributed by atoms with Crippen molar-refractivity contribution in [3.63, 3.8) is 0 Å². The third-order valence-corrected chi connectivity index (χ3v) is 4.54. The van der Waals surface area contributed by atoms with E-state index in [1.165, 1.54) is 58.4 Å². The van der Waals surface area contributed by atoms with Crippen LogP contribution in [0, 0.1) is 5.41 Å². The molecule has 0 bridgehead atoms. The molecule has 0 saturated carbocycles.